The molecule has 1 aromatic heterocycles. The number of fused-ring (bicyclic) bond motifs is 1. The summed E-state index contributed by atoms with van der Waals surface area (Å²) in [6.07, 6.45) is 3.16. The molecule has 0 aliphatic heterocycles. The second kappa shape index (κ2) is 5.91. The van der Waals surface area contributed by atoms with E-state index in [0.29, 0.717) is 5.92 Å². The van der Waals surface area contributed by atoms with Gasteiger partial charge in [0.1, 0.15) is 5.75 Å². The van der Waals surface area contributed by atoms with Crippen LogP contribution < -0.4 is 10.5 Å². The van der Waals surface area contributed by atoms with Gasteiger partial charge in [0.25, 0.3) is 0 Å². The molecule has 3 nitrogen and oxygen atoms in total. The molecule has 0 aliphatic carbocycles. The van der Waals surface area contributed by atoms with E-state index in [1.165, 1.54) is 10.9 Å². The SMILES string of the molecule is CCCOc1ccc2c(ccn2CC(C)CN)c1. The van der Waals surface area contributed by atoms with E-state index in [1.807, 2.05) is 6.07 Å². The van der Waals surface area contributed by atoms with Gasteiger partial charge in [0.15, 0.2) is 0 Å². The molecule has 3 heteroatoms. The fourth-order valence-electron chi connectivity index (χ4n) is 2.06. The second-order valence-corrected chi connectivity index (χ2v) is 4.88. The Labute approximate surface area is 109 Å². The number of aromatic nitrogens is 1. The molecule has 18 heavy (non-hydrogen) atoms. The molecule has 2 rings (SSSR count). The van der Waals surface area contributed by atoms with Gasteiger partial charge in [0.05, 0.1) is 6.61 Å². The van der Waals surface area contributed by atoms with E-state index in [1.54, 1.807) is 0 Å². The normalized spacial score (nSPS) is 12.8. The summed E-state index contributed by atoms with van der Waals surface area (Å²) in [6, 6.07) is 8.41. The number of nitrogens with two attached hydrogens (primary N) is 1. The van der Waals surface area contributed by atoms with Crippen molar-refractivity contribution in [2.24, 2.45) is 11.7 Å². The lowest BCUT2D eigenvalue weighted by molar-refractivity contribution is 0.318. The Hall–Kier alpha value is -1.48. The number of ether oxygens (including phenoxy) is 1. The van der Waals surface area contributed by atoms with Crippen molar-refractivity contribution in [3.05, 3.63) is 30.5 Å². The number of nitrogens with zero attached hydrogens (tertiary/aromatic N) is 1. The fraction of sp³-hybridized carbons (Fsp3) is 0.467. The summed E-state index contributed by atoms with van der Waals surface area (Å²) < 4.78 is 7.91. The van der Waals surface area contributed by atoms with E-state index in [-0.39, 0.29) is 0 Å². The minimum atomic E-state index is 0.497. The third kappa shape index (κ3) is 2.85. The number of benzene rings is 1. The summed E-state index contributed by atoms with van der Waals surface area (Å²) in [5.41, 5.74) is 6.93. The van der Waals surface area contributed by atoms with Crippen molar-refractivity contribution >= 4 is 10.9 Å². The van der Waals surface area contributed by atoms with Gasteiger partial charge in [0.2, 0.25) is 0 Å². The van der Waals surface area contributed by atoms with E-state index >= 15 is 0 Å². The lowest BCUT2D eigenvalue weighted by atomic mass is 10.2. The zero-order valence-corrected chi connectivity index (χ0v) is 11.2. The van der Waals surface area contributed by atoms with E-state index < -0.39 is 0 Å². The molecule has 1 aromatic carbocycles. The van der Waals surface area contributed by atoms with Gasteiger partial charge in [-0.25, -0.2) is 0 Å². The molecule has 98 valence electrons. The van der Waals surface area contributed by atoms with Crippen LogP contribution in [-0.2, 0) is 6.54 Å². The Bertz CT molecular complexity index is 504. The maximum absolute atomic E-state index is 5.68. The van der Waals surface area contributed by atoms with Gasteiger partial charge in [-0.05, 0) is 43.1 Å². The zero-order chi connectivity index (χ0) is 13.0. The maximum Gasteiger partial charge on any atom is 0.120 e. The van der Waals surface area contributed by atoms with Gasteiger partial charge >= 0.3 is 0 Å². The van der Waals surface area contributed by atoms with Crippen LogP contribution >= 0.6 is 0 Å². The molecule has 1 unspecified atom stereocenters. The first-order valence-electron chi connectivity index (χ1n) is 6.66. The monoisotopic (exact) mass is 246 g/mol. The molecule has 0 aliphatic rings. The summed E-state index contributed by atoms with van der Waals surface area (Å²) in [5.74, 6) is 1.45. The predicted octanol–water partition coefficient (Wildman–Crippen LogP) is 3.02. The van der Waals surface area contributed by atoms with Crippen molar-refractivity contribution in [3.8, 4) is 5.75 Å². The van der Waals surface area contributed by atoms with Crippen LogP contribution in [0, 0.1) is 5.92 Å². The highest BCUT2D eigenvalue weighted by atomic mass is 16.5. The van der Waals surface area contributed by atoms with Crippen LogP contribution in [0.4, 0.5) is 0 Å². The number of rotatable bonds is 6. The summed E-state index contributed by atoms with van der Waals surface area (Å²) in [4.78, 5) is 0. The fourth-order valence-corrected chi connectivity index (χ4v) is 2.06. The summed E-state index contributed by atoms with van der Waals surface area (Å²) in [6.45, 7) is 6.75. The number of hydrogen-bond donors (Lipinski definition) is 1. The molecule has 0 radical (unpaired) electrons. The highest BCUT2D eigenvalue weighted by Crippen LogP contribution is 2.22. The van der Waals surface area contributed by atoms with Gasteiger partial charge in [-0.3, -0.25) is 0 Å². The zero-order valence-electron chi connectivity index (χ0n) is 11.2. The van der Waals surface area contributed by atoms with Gasteiger partial charge in [-0.15, -0.1) is 0 Å². The molecule has 2 aromatic rings. The van der Waals surface area contributed by atoms with E-state index in [2.05, 4.69) is 42.8 Å². The third-order valence-electron chi connectivity index (χ3n) is 3.13. The first kappa shape index (κ1) is 13.0. The molecule has 1 atom stereocenters. The average molecular weight is 246 g/mol. The Morgan fingerprint density at radius 2 is 2.17 bits per heavy atom. The van der Waals surface area contributed by atoms with Crippen LogP contribution in [0.1, 0.15) is 20.3 Å². The third-order valence-corrected chi connectivity index (χ3v) is 3.13. The highest BCUT2D eigenvalue weighted by Gasteiger charge is 2.05. The van der Waals surface area contributed by atoms with Crippen molar-refractivity contribution in [2.45, 2.75) is 26.8 Å². The Balaban J connectivity index is 2.20. The van der Waals surface area contributed by atoms with Crippen LogP contribution in [0.15, 0.2) is 30.5 Å². The maximum atomic E-state index is 5.68. The minimum absolute atomic E-state index is 0.497. The first-order chi connectivity index (χ1) is 8.74. The van der Waals surface area contributed by atoms with E-state index in [9.17, 15) is 0 Å². The largest absolute Gasteiger partial charge is 0.494 e. The van der Waals surface area contributed by atoms with Crippen LogP contribution in [-0.4, -0.2) is 17.7 Å². The van der Waals surface area contributed by atoms with Gasteiger partial charge in [-0.1, -0.05) is 13.8 Å². The standard InChI is InChI=1S/C15H22N2O/c1-3-8-18-14-4-5-15-13(9-14)6-7-17(15)11-12(2)10-16/h4-7,9,12H,3,8,10-11,16H2,1-2H3. The Morgan fingerprint density at radius 1 is 1.33 bits per heavy atom. The molecule has 0 fully saturated rings. The average Bonchev–Trinajstić information content (AvgIpc) is 2.78. The minimum Gasteiger partial charge on any atom is -0.494 e. The van der Waals surface area contributed by atoms with Gasteiger partial charge in [-0.2, -0.15) is 0 Å². The molecule has 0 bridgehead atoms. The van der Waals surface area contributed by atoms with E-state index in [0.717, 1.165) is 31.9 Å². The van der Waals surface area contributed by atoms with Gasteiger partial charge < -0.3 is 15.0 Å². The molecule has 0 saturated heterocycles. The molecule has 2 N–H and O–H groups in total. The highest BCUT2D eigenvalue weighted by molar-refractivity contribution is 5.81. The summed E-state index contributed by atoms with van der Waals surface area (Å²) in [5, 5.41) is 1.23. The lowest BCUT2D eigenvalue weighted by Crippen LogP contribution is -2.16. The predicted molar refractivity (Wildman–Crippen MR) is 75.9 cm³/mol. The second-order valence-electron chi connectivity index (χ2n) is 4.88. The van der Waals surface area contributed by atoms with Crippen LogP contribution in [0.3, 0.4) is 0 Å². The summed E-state index contributed by atoms with van der Waals surface area (Å²) >= 11 is 0. The van der Waals surface area contributed by atoms with Crippen molar-refractivity contribution in [2.75, 3.05) is 13.2 Å². The molecule has 0 saturated carbocycles. The lowest BCUT2D eigenvalue weighted by Gasteiger charge is -2.11. The van der Waals surface area contributed by atoms with Crippen molar-refractivity contribution in [1.29, 1.82) is 0 Å². The van der Waals surface area contributed by atoms with Crippen LogP contribution in [0.5, 0.6) is 5.75 Å². The molecular formula is C15H22N2O. The molecular weight excluding hydrogens is 224 g/mol. The summed E-state index contributed by atoms with van der Waals surface area (Å²) in [7, 11) is 0. The Morgan fingerprint density at radius 3 is 2.89 bits per heavy atom. The molecule has 0 amide bonds. The van der Waals surface area contributed by atoms with Crippen LogP contribution in [0.25, 0.3) is 10.9 Å². The van der Waals surface area contributed by atoms with Crippen molar-refractivity contribution in [3.63, 3.8) is 0 Å². The van der Waals surface area contributed by atoms with Crippen molar-refractivity contribution < 1.29 is 4.74 Å². The number of hydrogen-bond acceptors (Lipinski definition) is 2. The van der Waals surface area contributed by atoms with Crippen LogP contribution in [0.2, 0.25) is 0 Å². The van der Waals surface area contributed by atoms with E-state index in [4.69, 9.17) is 10.5 Å². The van der Waals surface area contributed by atoms with Crippen molar-refractivity contribution in [1.82, 2.24) is 4.57 Å². The molecule has 1 heterocycles. The topological polar surface area (TPSA) is 40.2 Å². The molecule has 0 spiro atoms. The first-order valence-corrected chi connectivity index (χ1v) is 6.66. The Kier molecular flexibility index (Phi) is 4.26. The van der Waals surface area contributed by atoms with Gasteiger partial charge in [0, 0.05) is 23.6 Å². The quantitative estimate of drug-likeness (QED) is 0.851. The smallest absolute Gasteiger partial charge is 0.120 e.